The average molecular weight is 726 g/mol. The Morgan fingerprint density at radius 2 is 1.96 bits per heavy atom. The number of nitrogens with zero attached hydrogens (tertiary/aromatic N) is 6. The average Bonchev–Trinajstić information content (AvgIpc) is 3.66. The van der Waals surface area contributed by atoms with Crippen molar-refractivity contribution in [3.8, 4) is 0 Å². The molecule has 17 heteroatoms. The quantitative estimate of drug-likeness (QED) is 0.343. The van der Waals surface area contributed by atoms with E-state index >= 15 is 0 Å². The Hall–Kier alpha value is -3.63. The number of hydrogen-bond acceptors (Lipinski definition) is 9. The van der Waals surface area contributed by atoms with Crippen LogP contribution in [0.4, 0.5) is 29.3 Å². The second-order valence-corrected chi connectivity index (χ2v) is 15.4. The van der Waals surface area contributed by atoms with Crippen molar-refractivity contribution in [2.24, 2.45) is 0 Å². The van der Waals surface area contributed by atoms with E-state index in [0.717, 1.165) is 10.6 Å². The molecule has 2 fully saturated rings. The number of anilines is 2. The zero-order valence-corrected chi connectivity index (χ0v) is 28.8. The first-order chi connectivity index (χ1) is 23.8. The van der Waals surface area contributed by atoms with E-state index < -0.39 is 46.8 Å². The lowest BCUT2D eigenvalue weighted by molar-refractivity contribution is -0.134. The first-order valence-corrected chi connectivity index (χ1v) is 17.3. The Kier molecular flexibility index (Phi) is 7.87. The van der Waals surface area contributed by atoms with Crippen LogP contribution in [0, 0.1) is 0 Å². The molecule has 49 heavy (non-hydrogen) atoms. The van der Waals surface area contributed by atoms with E-state index in [9.17, 15) is 27.6 Å². The molecule has 3 aliphatic heterocycles. The largest absolute Gasteiger partial charge is 0.444 e. The number of halogens is 4. The number of thiophene rings is 1. The molecule has 0 bridgehead atoms. The van der Waals surface area contributed by atoms with Crippen molar-refractivity contribution >= 4 is 57.7 Å². The summed E-state index contributed by atoms with van der Waals surface area (Å²) >= 11 is 6.46. The molecule has 1 N–H and O–H groups in total. The van der Waals surface area contributed by atoms with Crippen LogP contribution >= 0.6 is 22.9 Å². The third kappa shape index (κ3) is 6.09. The summed E-state index contributed by atoms with van der Waals surface area (Å²) in [5.41, 5.74) is 0.102. The SMILES string of the molecule is [2H]C1([2H])CCC(c2nc3n4c(c(N5CCN(C(=O)OC(C)(C)C)[C@H]6CC[C@@H]65)c(=O)n3n2)C(C)CC4C(=O)Nc2cc(C(F)(F)F)sc2Cl)=CCO1. The van der Waals surface area contributed by atoms with Crippen molar-refractivity contribution in [2.45, 2.75) is 95.6 Å². The maximum Gasteiger partial charge on any atom is 0.425 e. The van der Waals surface area contributed by atoms with Crippen LogP contribution in [0.5, 0.6) is 0 Å². The molecular weight excluding hydrogens is 687 g/mol. The predicted octanol–water partition coefficient (Wildman–Crippen LogP) is 6.09. The topological polar surface area (TPSA) is 123 Å². The molecule has 4 aliphatic rings. The lowest BCUT2D eigenvalue weighted by Gasteiger charge is -2.54. The van der Waals surface area contributed by atoms with E-state index in [-0.39, 0.29) is 65.5 Å². The minimum atomic E-state index is -4.64. The van der Waals surface area contributed by atoms with Crippen LogP contribution in [0.1, 0.15) is 90.9 Å². The van der Waals surface area contributed by atoms with Crippen LogP contribution in [0.15, 0.2) is 16.9 Å². The van der Waals surface area contributed by atoms with Gasteiger partial charge >= 0.3 is 12.3 Å². The number of aromatic nitrogens is 4. The predicted molar refractivity (Wildman–Crippen MR) is 177 cm³/mol. The summed E-state index contributed by atoms with van der Waals surface area (Å²) in [6.07, 6.45) is -1.53. The van der Waals surface area contributed by atoms with Crippen molar-refractivity contribution in [1.82, 2.24) is 24.1 Å². The summed E-state index contributed by atoms with van der Waals surface area (Å²) in [5, 5.41) is 7.17. The van der Waals surface area contributed by atoms with Gasteiger partial charge in [-0.3, -0.25) is 14.2 Å². The molecule has 1 aliphatic carbocycles. The third-order valence-corrected chi connectivity index (χ3v) is 10.8. The van der Waals surface area contributed by atoms with Crippen molar-refractivity contribution in [3.63, 3.8) is 0 Å². The summed E-state index contributed by atoms with van der Waals surface area (Å²) in [5.74, 6) is -0.762. The molecule has 3 aromatic heterocycles. The summed E-state index contributed by atoms with van der Waals surface area (Å²) in [6.45, 7) is 5.98. The monoisotopic (exact) mass is 725 g/mol. The number of alkyl halides is 3. The zero-order chi connectivity index (χ0) is 36.8. The molecule has 0 spiro atoms. The van der Waals surface area contributed by atoms with Gasteiger partial charge in [0.15, 0.2) is 5.82 Å². The molecule has 7 rings (SSSR count). The van der Waals surface area contributed by atoms with Gasteiger partial charge in [0.1, 0.15) is 26.5 Å². The fraction of sp³-hybridized carbons (Fsp3) is 0.594. The van der Waals surface area contributed by atoms with Gasteiger partial charge in [-0.25, -0.2) is 4.79 Å². The number of rotatable bonds is 4. The highest BCUT2D eigenvalue weighted by atomic mass is 35.5. The van der Waals surface area contributed by atoms with Crippen LogP contribution in [0.3, 0.4) is 0 Å². The molecule has 0 aromatic carbocycles. The van der Waals surface area contributed by atoms with Gasteiger partial charge in [0.2, 0.25) is 11.7 Å². The summed E-state index contributed by atoms with van der Waals surface area (Å²) in [7, 11) is 0. The van der Waals surface area contributed by atoms with Crippen LogP contribution < -0.4 is 15.8 Å². The number of nitrogens with one attached hydrogen (secondary N) is 1. The van der Waals surface area contributed by atoms with Crippen molar-refractivity contribution in [1.29, 1.82) is 0 Å². The minimum Gasteiger partial charge on any atom is -0.444 e. The van der Waals surface area contributed by atoms with E-state index in [1.54, 1.807) is 36.3 Å². The Labute approximate surface area is 291 Å². The second kappa shape index (κ2) is 12.3. The number of carbonyl (C=O) groups excluding carboxylic acids is 2. The number of fused-ring (bicyclic) bond motifs is 4. The lowest BCUT2D eigenvalue weighted by Crippen LogP contribution is -2.67. The molecule has 264 valence electrons. The zero-order valence-electron chi connectivity index (χ0n) is 29.3. The Morgan fingerprint density at radius 1 is 1.20 bits per heavy atom. The van der Waals surface area contributed by atoms with Crippen molar-refractivity contribution < 1.29 is 35.0 Å². The molecule has 2 amide bonds. The molecule has 12 nitrogen and oxygen atoms in total. The van der Waals surface area contributed by atoms with Gasteiger partial charge in [0.25, 0.3) is 5.56 Å². The van der Waals surface area contributed by atoms with Gasteiger partial charge in [0.05, 0.1) is 26.8 Å². The number of ether oxygens (including phenoxy) is 2. The smallest absolute Gasteiger partial charge is 0.425 e. The highest BCUT2D eigenvalue weighted by Crippen LogP contribution is 2.46. The van der Waals surface area contributed by atoms with Gasteiger partial charge in [-0.05, 0) is 64.5 Å². The van der Waals surface area contributed by atoms with Gasteiger partial charge in [-0.1, -0.05) is 24.6 Å². The van der Waals surface area contributed by atoms with Crippen LogP contribution in [0.2, 0.25) is 4.34 Å². The van der Waals surface area contributed by atoms with Gasteiger partial charge < -0.3 is 24.6 Å². The molecule has 2 unspecified atom stereocenters. The summed E-state index contributed by atoms with van der Waals surface area (Å²) in [6, 6.07) is -0.619. The first kappa shape index (κ1) is 31.4. The van der Waals surface area contributed by atoms with Crippen LogP contribution in [-0.4, -0.2) is 80.0 Å². The van der Waals surface area contributed by atoms with Crippen LogP contribution in [0.25, 0.3) is 11.4 Å². The van der Waals surface area contributed by atoms with Crippen molar-refractivity contribution in [2.75, 3.05) is 36.5 Å². The highest BCUT2D eigenvalue weighted by molar-refractivity contribution is 7.17. The molecule has 0 radical (unpaired) electrons. The molecule has 1 saturated carbocycles. The van der Waals surface area contributed by atoms with E-state index in [4.69, 9.17) is 28.8 Å². The minimum absolute atomic E-state index is 0.0312. The van der Waals surface area contributed by atoms with Gasteiger partial charge in [-0.15, -0.1) is 16.4 Å². The van der Waals surface area contributed by atoms with E-state index in [2.05, 4.69) is 10.4 Å². The Bertz CT molecular complexity index is 2010. The maximum absolute atomic E-state index is 14.6. The highest BCUT2D eigenvalue weighted by Gasteiger charge is 2.49. The second-order valence-electron chi connectivity index (χ2n) is 13.8. The van der Waals surface area contributed by atoms with E-state index in [0.29, 0.717) is 54.2 Å². The maximum atomic E-state index is 14.6. The number of hydrogen-bond donors (Lipinski definition) is 1. The standard InChI is InChI=1S/C32H37ClF3N7O5S/c1-16-14-21(27(44)37-18-15-22(32(34,35)36)49-25(18)33)42-23(16)24(28(45)43-29(42)38-26(39-43)17-6-5-12-47-13-9-17)40-10-11-41(20-8-7-19(20)40)30(46)48-31(2,3)4/h9,15-16,19-21H,5-8,10-14H2,1-4H3,(H,37,44)/t16?,19-,20-,21?/m0/s1/i12D2. The van der Waals surface area contributed by atoms with Crippen LogP contribution in [-0.2, 0) is 20.4 Å². The lowest BCUT2D eigenvalue weighted by atomic mass is 9.81. The fourth-order valence-corrected chi connectivity index (χ4v) is 8.18. The normalized spacial score (nSPS) is 25.8. The van der Waals surface area contributed by atoms with Crippen molar-refractivity contribution in [3.05, 3.63) is 43.2 Å². The fourth-order valence-electron chi connectivity index (χ4n) is 7.13. The molecule has 6 heterocycles. The number of carbonyl (C=O) groups is 2. The Morgan fingerprint density at radius 3 is 2.63 bits per heavy atom. The van der Waals surface area contributed by atoms with Gasteiger partial charge in [0, 0.05) is 31.6 Å². The summed E-state index contributed by atoms with van der Waals surface area (Å²) < 4.78 is 69.9. The van der Waals surface area contributed by atoms with Gasteiger partial charge in [-0.2, -0.15) is 22.7 Å². The number of piperazine rings is 1. The molecule has 1 saturated heterocycles. The van der Waals surface area contributed by atoms with E-state index in [1.807, 2.05) is 11.8 Å². The molecular formula is C32H37ClF3N7O5S. The van der Waals surface area contributed by atoms with E-state index in [1.165, 1.54) is 0 Å². The number of amides is 2. The summed E-state index contributed by atoms with van der Waals surface area (Å²) in [4.78, 5) is 49.1. The molecule has 3 aromatic rings. The first-order valence-electron chi connectivity index (χ1n) is 17.1. The Balaban J connectivity index is 1.32. The third-order valence-electron chi connectivity index (χ3n) is 9.38. The number of allylic oxidation sites excluding steroid dienone is 1. The molecule has 4 atom stereocenters.